The van der Waals surface area contributed by atoms with E-state index >= 15 is 0 Å². The van der Waals surface area contributed by atoms with Crippen LogP contribution in [0.3, 0.4) is 0 Å². The van der Waals surface area contributed by atoms with Crippen molar-refractivity contribution in [1.29, 1.82) is 0 Å². The van der Waals surface area contributed by atoms with Gasteiger partial charge in [-0.3, -0.25) is 0 Å². The largest absolute Gasteiger partial charge is 0.379 e. The molecule has 0 aliphatic heterocycles. The smallest absolute Gasteiger partial charge is 0.0960 e. The molecule has 0 heterocycles. The Kier molecular flexibility index (Phi) is 7.88. The molecule has 0 fully saturated rings. The van der Waals surface area contributed by atoms with Crippen LogP contribution in [0.2, 0.25) is 0 Å². The van der Waals surface area contributed by atoms with Crippen LogP contribution >= 0.6 is 15.9 Å². The van der Waals surface area contributed by atoms with Gasteiger partial charge >= 0.3 is 0 Å². The predicted molar refractivity (Wildman–Crippen MR) is 91.7 cm³/mol. The number of rotatable bonds is 9. The normalized spacial score (nSPS) is 13.7. The van der Waals surface area contributed by atoms with E-state index in [9.17, 15) is 0 Å². The van der Waals surface area contributed by atoms with Gasteiger partial charge in [0.25, 0.3) is 0 Å². The quantitative estimate of drug-likeness (QED) is 0.713. The molecule has 1 aromatic rings. The van der Waals surface area contributed by atoms with E-state index in [1.165, 1.54) is 5.56 Å². The Hall–Kier alpha value is -0.420. The van der Waals surface area contributed by atoms with E-state index in [1.807, 2.05) is 12.1 Å². The topological polar surface area (TPSA) is 30.5 Å². The minimum atomic E-state index is -0.149. The van der Waals surface area contributed by atoms with Crippen molar-refractivity contribution in [2.75, 3.05) is 20.3 Å². The number of halogens is 1. The zero-order chi connectivity index (χ0) is 15.9. The van der Waals surface area contributed by atoms with Crippen molar-refractivity contribution < 1.29 is 9.47 Å². The maximum atomic E-state index is 6.12. The molecule has 1 unspecified atom stereocenters. The van der Waals surface area contributed by atoms with Crippen molar-refractivity contribution in [3.05, 3.63) is 34.3 Å². The monoisotopic (exact) mass is 357 g/mol. The van der Waals surface area contributed by atoms with E-state index < -0.39 is 0 Å². The van der Waals surface area contributed by atoms with Crippen molar-refractivity contribution in [3.8, 4) is 0 Å². The molecule has 1 aromatic carbocycles. The standard InChI is InChI=1S/C17H28BrNO2/c1-13(2)19-12-16(14-8-6-7-9-15(14)18)21-11-10-17(3,4)20-5/h6-9,13,16,19H,10-12H2,1-5H3. The highest BCUT2D eigenvalue weighted by Crippen LogP contribution is 2.26. The fraction of sp³-hybridized carbons (Fsp3) is 0.647. The molecule has 0 amide bonds. The van der Waals surface area contributed by atoms with E-state index in [-0.39, 0.29) is 11.7 Å². The van der Waals surface area contributed by atoms with Crippen molar-refractivity contribution in [3.63, 3.8) is 0 Å². The Labute approximate surface area is 137 Å². The molecule has 0 aliphatic carbocycles. The lowest BCUT2D eigenvalue weighted by Crippen LogP contribution is -2.31. The summed E-state index contributed by atoms with van der Waals surface area (Å²) in [4.78, 5) is 0. The van der Waals surface area contributed by atoms with E-state index in [2.05, 4.69) is 61.1 Å². The first kappa shape index (κ1) is 18.6. The van der Waals surface area contributed by atoms with Gasteiger partial charge in [-0.25, -0.2) is 0 Å². The molecule has 4 heteroatoms. The van der Waals surface area contributed by atoms with Crippen LogP contribution in [0.25, 0.3) is 0 Å². The summed E-state index contributed by atoms with van der Waals surface area (Å²) < 4.78 is 12.7. The molecular formula is C17H28BrNO2. The van der Waals surface area contributed by atoms with Crippen LogP contribution in [0, 0.1) is 0 Å². The minimum Gasteiger partial charge on any atom is -0.379 e. The number of methoxy groups -OCH3 is 1. The second kappa shape index (κ2) is 8.89. The first-order valence-corrected chi connectivity index (χ1v) is 8.29. The zero-order valence-corrected chi connectivity index (χ0v) is 15.4. The highest BCUT2D eigenvalue weighted by atomic mass is 79.9. The number of nitrogens with one attached hydrogen (secondary N) is 1. The summed E-state index contributed by atoms with van der Waals surface area (Å²) in [5, 5.41) is 3.46. The Balaban J connectivity index is 2.67. The first-order valence-electron chi connectivity index (χ1n) is 7.50. The molecule has 21 heavy (non-hydrogen) atoms. The van der Waals surface area contributed by atoms with Crippen LogP contribution in [0.5, 0.6) is 0 Å². The van der Waals surface area contributed by atoms with Gasteiger partial charge in [0.05, 0.1) is 18.3 Å². The molecule has 1 rings (SSSR count). The third kappa shape index (κ3) is 6.92. The van der Waals surface area contributed by atoms with Gasteiger partial charge in [0, 0.05) is 24.2 Å². The Bertz CT molecular complexity index is 421. The van der Waals surface area contributed by atoms with Gasteiger partial charge in [-0.05, 0) is 31.9 Å². The molecule has 0 saturated carbocycles. The van der Waals surface area contributed by atoms with Crippen LogP contribution in [-0.4, -0.2) is 31.9 Å². The van der Waals surface area contributed by atoms with E-state index in [0.717, 1.165) is 17.4 Å². The minimum absolute atomic E-state index is 0.0376. The van der Waals surface area contributed by atoms with Crippen LogP contribution in [0.15, 0.2) is 28.7 Å². The fourth-order valence-electron chi connectivity index (χ4n) is 1.89. The lowest BCUT2D eigenvalue weighted by molar-refractivity contribution is -0.0276. The zero-order valence-electron chi connectivity index (χ0n) is 13.8. The average molecular weight is 358 g/mol. The lowest BCUT2D eigenvalue weighted by atomic mass is 10.1. The van der Waals surface area contributed by atoms with Gasteiger partial charge in [0.1, 0.15) is 0 Å². The van der Waals surface area contributed by atoms with E-state index in [4.69, 9.17) is 9.47 Å². The highest BCUT2D eigenvalue weighted by molar-refractivity contribution is 9.10. The van der Waals surface area contributed by atoms with Crippen LogP contribution in [0.1, 0.15) is 45.8 Å². The van der Waals surface area contributed by atoms with Crippen molar-refractivity contribution >= 4 is 15.9 Å². The van der Waals surface area contributed by atoms with E-state index in [1.54, 1.807) is 7.11 Å². The summed E-state index contributed by atoms with van der Waals surface area (Å²) >= 11 is 3.62. The molecule has 1 N–H and O–H groups in total. The molecule has 0 bridgehead atoms. The SMILES string of the molecule is COC(C)(C)CCOC(CNC(C)C)c1ccccc1Br. The molecule has 0 aromatic heterocycles. The second-order valence-electron chi connectivity index (χ2n) is 6.16. The van der Waals surface area contributed by atoms with E-state index in [0.29, 0.717) is 12.6 Å². The van der Waals surface area contributed by atoms with Gasteiger partial charge < -0.3 is 14.8 Å². The highest BCUT2D eigenvalue weighted by Gasteiger charge is 2.19. The number of hydrogen-bond acceptors (Lipinski definition) is 3. The molecular weight excluding hydrogens is 330 g/mol. The molecule has 3 nitrogen and oxygen atoms in total. The van der Waals surface area contributed by atoms with Gasteiger partial charge in [-0.2, -0.15) is 0 Å². The van der Waals surface area contributed by atoms with Crippen molar-refractivity contribution in [2.45, 2.75) is 51.9 Å². The van der Waals surface area contributed by atoms with Gasteiger partial charge in [0.2, 0.25) is 0 Å². The van der Waals surface area contributed by atoms with Gasteiger partial charge in [-0.1, -0.05) is 48.0 Å². The Morgan fingerprint density at radius 2 is 1.90 bits per heavy atom. The summed E-state index contributed by atoms with van der Waals surface area (Å²) in [5.74, 6) is 0. The van der Waals surface area contributed by atoms with Gasteiger partial charge in [-0.15, -0.1) is 0 Å². The predicted octanol–water partition coefficient (Wildman–Crippen LogP) is 4.32. The fourth-order valence-corrected chi connectivity index (χ4v) is 2.43. The molecule has 0 saturated heterocycles. The maximum absolute atomic E-state index is 6.12. The molecule has 0 aliphatic rings. The van der Waals surface area contributed by atoms with Crippen LogP contribution in [-0.2, 0) is 9.47 Å². The van der Waals surface area contributed by atoms with Crippen molar-refractivity contribution in [2.24, 2.45) is 0 Å². The summed E-state index contributed by atoms with van der Waals surface area (Å²) in [6.45, 7) is 9.92. The van der Waals surface area contributed by atoms with Crippen LogP contribution in [0.4, 0.5) is 0 Å². The second-order valence-corrected chi connectivity index (χ2v) is 7.01. The molecule has 0 spiro atoms. The number of hydrogen-bond donors (Lipinski definition) is 1. The first-order chi connectivity index (χ1) is 9.85. The maximum Gasteiger partial charge on any atom is 0.0960 e. The lowest BCUT2D eigenvalue weighted by Gasteiger charge is -2.26. The average Bonchev–Trinajstić information content (AvgIpc) is 2.43. The molecule has 0 radical (unpaired) electrons. The third-order valence-electron chi connectivity index (χ3n) is 3.54. The third-order valence-corrected chi connectivity index (χ3v) is 4.26. The number of ether oxygens (including phenoxy) is 2. The van der Waals surface area contributed by atoms with Crippen LogP contribution < -0.4 is 5.32 Å². The van der Waals surface area contributed by atoms with Crippen molar-refractivity contribution in [1.82, 2.24) is 5.32 Å². The Morgan fingerprint density at radius 3 is 2.48 bits per heavy atom. The molecule has 1 atom stereocenters. The number of benzene rings is 1. The summed E-state index contributed by atoms with van der Waals surface area (Å²) in [7, 11) is 1.74. The van der Waals surface area contributed by atoms with Gasteiger partial charge in [0.15, 0.2) is 0 Å². The summed E-state index contributed by atoms with van der Waals surface area (Å²) in [5.41, 5.74) is 1.03. The summed E-state index contributed by atoms with van der Waals surface area (Å²) in [6, 6.07) is 8.67. The summed E-state index contributed by atoms with van der Waals surface area (Å²) in [6.07, 6.45) is 0.905. The Morgan fingerprint density at radius 1 is 1.24 bits per heavy atom. The molecule has 120 valence electrons.